The maximum Gasteiger partial charge on any atom is 0.258 e. The Morgan fingerprint density at radius 3 is 2.43 bits per heavy atom. The van der Waals surface area contributed by atoms with Crippen molar-refractivity contribution in [2.75, 3.05) is 13.2 Å². The number of hydrogen-bond acceptors (Lipinski definition) is 3. The van der Waals surface area contributed by atoms with Crippen LogP contribution in [0.3, 0.4) is 0 Å². The fraction of sp³-hybridized carbons (Fsp3) is 0.280. The highest BCUT2D eigenvalue weighted by molar-refractivity contribution is 6.01. The molecule has 2 amide bonds. The third kappa shape index (κ3) is 3.88. The second-order valence-corrected chi connectivity index (χ2v) is 8.07. The molecule has 5 heteroatoms. The van der Waals surface area contributed by atoms with E-state index in [0.717, 1.165) is 30.0 Å². The fourth-order valence-electron chi connectivity index (χ4n) is 3.99. The topological polar surface area (TPSA) is 58.6 Å². The summed E-state index contributed by atoms with van der Waals surface area (Å²) in [5, 5.41) is 4.89. The van der Waals surface area contributed by atoms with Crippen LogP contribution in [-0.2, 0) is 17.8 Å². The molecule has 1 N–H and O–H groups in total. The molecule has 152 valence electrons. The molecule has 5 nitrogen and oxygen atoms in total. The number of nitrogens with zero attached hydrogens (tertiary/aromatic N) is 1. The average Bonchev–Trinajstić information content (AvgIpc) is 3.60. The lowest BCUT2D eigenvalue weighted by Gasteiger charge is -2.29. The van der Waals surface area contributed by atoms with Crippen LogP contribution in [0.25, 0.3) is 10.8 Å². The lowest BCUT2D eigenvalue weighted by atomic mass is 9.98. The first-order valence-electron chi connectivity index (χ1n) is 10.5. The van der Waals surface area contributed by atoms with Crippen LogP contribution in [0.2, 0.25) is 0 Å². The lowest BCUT2D eigenvalue weighted by Crippen LogP contribution is -2.36. The summed E-state index contributed by atoms with van der Waals surface area (Å²) in [6, 6.07) is 20.2. The van der Waals surface area contributed by atoms with E-state index in [0.29, 0.717) is 24.4 Å². The van der Waals surface area contributed by atoms with Crippen molar-refractivity contribution in [1.29, 1.82) is 0 Å². The normalized spacial score (nSPS) is 15.5. The number of fused-ring (bicyclic) bond motifs is 2. The minimum Gasteiger partial charge on any atom is -0.483 e. The molecule has 0 bridgehead atoms. The Bertz CT molecular complexity index is 1120. The van der Waals surface area contributed by atoms with Gasteiger partial charge in [0.15, 0.2) is 6.61 Å². The number of ether oxygens (including phenoxy) is 1. The second-order valence-electron chi connectivity index (χ2n) is 8.07. The number of rotatable bonds is 5. The van der Waals surface area contributed by atoms with Crippen molar-refractivity contribution in [2.45, 2.75) is 31.8 Å². The van der Waals surface area contributed by atoms with E-state index in [1.165, 1.54) is 11.1 Å². The van der Waals surface area contributed by atoms with Crippen molar-refractivity contribution in [1.82, 2.24) is 10.2 Å². The Morgan fingerprint density at radius 2 is 1.67 bits per heavy atom. The van der Waals surface area contributed by atoms with E-state index in [9.17, 15) is 9.59 Å². The van der Waals surface area contributed by atoms with E-state index in [4.69, 9.17) is 4.74 Å². The number of nitrogens with one attached hydrogen (secondary N) is 1. The molecule has 5 rings (SSSR count). The van der Waals surface area contributed by atoms with Gasteiger partial charge in [-0.2, -0.15) is 0 Å². The minimum atomic E-state index is -0.143. The van der Waals surface area contributed by atoms with Gasteiger partial charge in [-0.05, 0) is 53.3 Å². The molecule has 0 saturated heterocycles. The minimum absolute atomic E-state index is 0.0622. The van der Waals surface area contributed by atoms with Crippen LogP contribution in [0.4, 0.5) is 0 Å². The Balaban J connectivity index is 1.42. The zero-order valence-electron chi connectivity index (χ0n) is 16.8. The number of amides is 2. The Labute approximate surface area is 175 Å². The standard InChI is InChI=1S/C25H24N2O3/c28-24(26-21-9-10-21)16-30-23-14-19-7-3-2-6-18(19)13-22(23)25(29)27-12-11-17-5-1-4-8-20(17)15-27/h1-8,13-14,21H,9-12,15-16H2,(H,26,28). The predicted octanol–water partition coefficient (Wildman–Crippen LogP) is 3.70. The van der Waals surface area contributed by atoms with Gasteiger partial charge in [0.25, 0.3) is 11.8 Å². The third-order valence-corrected chi connectivity index (χ3v) is 5.80. The highest BCUT2D eigenvalue weighted by atomic mass is 16.5. The van der Waals surface area contributed by atoms with Gasteiger partial charge in [0.05, 0.1) is 5.56 Å². The second kappa shape index (κ2) is 7.82. The van der Waals surface area contributed by atoms with Crippen molar-refractivity contribution in [3.05, 3.63) is 77.4 Å². The van der Waals surface area contributed by atoms with E-state index < -0.39 is 0 Å². The summed E-state index contributed by atoms with van der Waals surface area (Å²) in [4.78, 5) is 27.4. The van der Waals surface area contributed by atoms with Gasteiger partial charge in [-0.1, -0.05) is 48.5 Å². The van der Waals surface area contributed by atoms with Gasteiger partial charge in [-0.3, -0.25) is 9.59 Å². The van der Waals surface area contributed by atoms with E-state index in [2.05, 4.69) is 17.4 Å². The summed E-state index contributed by atoms with van der Waals surface area (Å²) in [5.41, 5.74) is 2.99. The van der Waals surface area contributed by atoms with Crippen LogP contribution >= 0.6 is 0 Å². The van der Waals surface area contributed by atoms with Crippen molar-refractivity contribution in [3.63, 3.8) is 0 Å². The van der Waals surface area contributed by atoms with Crippen LogP contribution in [0, 0.1) is 0 Å². The molecule has 0 atom stereocenters. The van der Waals surface area contributed by atoms with E-state index in [1.54, 1.807) is 0 Å². The molecule has 0 aromatic heterocycles. The first-order valence-corrected chi connectivity index (χ1v) is 10.5. The Morgan fingerprint density at radius 1 is 0.967 bits per heavy atom. The zero-order valence-corrected chi connectivity index (χ0v) is 16.8. The van der Waals surface area contributed by atoms with Crippen molar-refractivity contribution in [3.8, 4) is 5.75 Å². The summed E-state index contributed by atoms with van der Waals surface area (Å²) in [6.45, 7) is 1.17. The van der Waals surface area contributed by atoms with Crippen molar-refractivity contribution >= 4 is 22.6 Å². The molecule has 0 spiro atoms. The van der Waals surface area contributed by atoms with Gasteiger partial charge in [0.2, 0.25) is 0 Å². The monoisotopic (exact) mass is 400 g/mol. The Hall–Kier alpha value is -3.34. The highest BCUT2D eigenvalue weighted by Crippen LogP contribution is 2.29. The molecular weight excluding hydrogens is 376 g/mol. The van der Waals surface area contributed by atoms with Crippen LogP contribution in [0.5, 0.6) is 5.75 Å². The summed E-state index contributed by atoms with van der Waals surface area (Å²) >= 11 is 0. The zero-order chi connectivity index (χ0) is 20.5. The largest absolute Gasteiger partial charge is 0.483 e. The molecule has 30 heavy (non-hydrogen) atoms. The lowest BCUT2D eigenvalue weighted by molar-refractivity contribution is -0.123. The number of carbonyl (C=O) groups is 2. The van der Waals surface area contributed by atoms with E-state index in [-0.39, 0.29) is 24.5 Å². The van der Waals surface area contributed by atoms with Gasteiger partial charge >= 0.3 is 0 Å². The van der Waals surface area contributed by atoms with Gasteiger partial charge < -0.3 is 15.0 Å². The van der Waals surface area contributed by atoms with Gasteiger partial charge in [0, 0.05) is 19.1 Å². The first-order chi connectivity index (χ1) is 14.7. The molecule has 0 unspecified atom stereocenters. The van der Waals surface area contributed by atoms with Crippen LogP contribution in [-0.4, -0.2) is 35.9 Å². The SMILES string of the molecule is O=C(COc1cc2ccccc2cc1C(=O)N1CCc2ccccc2C1)NC1CC1. The first kappa shape index (κ1) is 18.7. The van der Waals surface area contributed by atoms with E-state index >= 15 is 0 Å². The molecule has 3 aromatic carbocycles. The number of carbonyl (C=O) groups excluding carboxylic acids is 2. The quantitative estimate of drug-likeness (QED) is 0.711. The summed E-state index contributed by atoms with van der Waals surface area (Å²) < 4.78 is 5.86. The molecule has 1 fully saturated rings. The van der Waals surface area contributed by atoms with Crippen LogP contribution < -0.4 is 10.1 Å². The van der Waals surface area contributed by atoms with Crippen LogP contribution in [0.15, 0.2) is 60.7 Å². The smallest absolute Gasteiger partial charge is 0.258 e. The maximum atomic E-state index is 13.5. The molecule has 1 aliphatic heterocycles. The van der Waals surface area contributed by atoms with Gasteiger partial charge in [0.1, 0.15) is 5.75 Å². The molecule has 1 heterocycles. The van der Waals surface area contributed by atoms with Crippen LogP contribution in [0.1, 0.15) is 34.3 Å². The summed E-state index contributed by atoms with van der Waals surface area (Å²) in [7, 11) is 0. The molecule has 3 aromatic rings. The van der Waals surface area contributed by atoms with E-state index in [1.807, 2.05) is 53.4 Å². The molecule has 2 aliphatic rings. The molecule has 1 saturated carbocycles. The summed E-state index contributed by atoms with van der Waals surface area (Å²) in [6.07, 6.45) is 2.90. The fourth-order valence-corrected chi connectivity index (χ4v) is 3.99. The predicted molar refractivity (Wildman–Crippen MR) is 115 cm³/mol. The highest BCUT2D eigenvalue weighted by Gasteiger charge is 2.26. The maximum absolute atomic E-state index is 13.5. The average molecular weight is 400 g/mol. The number of hydrogen-bond donors (Lipinski definition) is 1. The van der Waals surface area contributed by atoms with Gasteiger partial charge in [-0.25, -0.2) is 0 Å². The summed E-state index contributed by atoms with van der Waals surface area (Å²) in [5.74, 6) is 0.257. The third-order valence-electron chi connectivity index (χ3n) is 5.80. The van der Waals surface area contributed by atoms with Gasteiger partial charge in [-0.15, -0.1) is 0 Å². The number of benzene rings is 3. The molecular formula is C25H24N2O3. The van der Waals surface area contributed by atoms with Crippen molar-refractivity contribution < 1.29 is 14.3 Å². The molecule has 0 radical (unpaired) electrons. The Kier molecular flexibility index (Phi) is 4.87. The molecule has 1 aliphatic carbocycles. The van der Waals surface area contributed by atoms with Crippen molar-refractivity contribution in [2.24, 2.45) is 0 Å².